The third-order valence-corrected chi connectivity index (χ3v) is 5.11. The van der Waals surface area contributed by atoms with E-state index in [-0.39, 0.29) is 6.17 Å². The minimum absolute atomic E-state index is 0.0166. The van der Waals surface area contributed by atoms with Gasteiger partial charge in [0.2, 0.25) is 0 Å². The van der Waals surface area contributed by atoms with Crippen molar-refractivity contribution in [2.24, 2.45) is 17.0 Å². The summed E-state index contributed by atoms with van der Waals surface area (Å²) in [7, 11) is 2.05. The molecule has 136 valence electrons. The van der Waals surface area contributed by atoms with Gasteiger partial charge < -0.3 is 4.57 Å². The average Bonchev–Trinajstić information content (AvgIpc) is 3.26. The molecular formula is C19H20N8. The van der Waals surface area contributed by atoms with Gasteiger partial charge in [0, 0.05) is 32.1 Å². The number of aromatic nitrogens is 4. The maximum atomic E-state index is 4.86. The first kappa shape index (κ1) is 16.1. The van der Waals surface area contributed by atoms with Gasteiger partial charge in [-0.15, -0.1) is 0 Å². The van der Waals surface area contributed by atoms with Gasteiger partial charge in [0.15, 0.2) is 5.84 Å². The predicted molar refractivity (Wildman–Crippen MR) is 105 cm³/mol. The highest BCUT2D eigenvalue weighted by atomic mass is 15.6. The van der Waals surface area contributed by atoms with E-state index < -0.39 is 0 Å². The first-order chi connectivity index (χ1) is 13.1. The minimum atomic E-state index is 0.0166. The molecule has 0 spiro atoms. The Morgan fingerprint density at radius 1 is 1.11 bits per heavy atom. The number of benzene rings is 1. The molecule has 0 fully saturated rings. The number of hydrogen-bond acceptors (Lipinski definition) is 7. The first-order valence-electron chi connectivity index (χ1n) is 9.02. The summed E-state index contributed by atoms with van der Waals surface area (Å²) in [6, 6.07) is 4.06. The molecule has 0 bridgehead atoms. The quantitative estimate of drug-likeness (QED) is 0.775. The zero-order chi connectivity index (χ0) is 18.5. The first-order valence-corrected chi connectivity index (χ1v) is 9.02. The monoisotopic (exact) mass is 360 g/mol. The molecule has 8 nitrogen and oxygen atoms in total. The maximum Gasteiger partial charge on any atom is 0.165 e. The van der Waals surface area contributed by atoms with Crippen LogP contribution >= 0.6 is 0 Å². The van der Waals surface area contributed by atoms with Gasteiger partial charge in [0.05, 0.1) is 22.4 Å². The molecule has 0 saturated heterocycles. The number of imidazole rings is 1. The normalized spacial score (nSPS) is 19.3. The van der Waals surface area contributed by atoms with Crippen LogP contribution in [-0.2, 0) is 13.5 Å². The molecule has 1 atom stereocenters. The third-order valence-electron chi connectivity index (χ3n) is 5.11. The van der Waals surface area contributed by atoms with Gasteiger partial charge in [-0.3, -0.25) is 20.0 Å². The Labute approximate surface area is 156 Å². The van der Waals surface area contributed by atoms with Crippen molar-refractivity contribution in [2.45, 2.75) is 32.9 Å². The molecule has 8 heteroatoms. The second-order valence-electron chi connectivity index (χ2n) is 6.90. The molecule has 0 radical (unpaired) electrons. The van der Waals surface area contributed by atoms with E-state index >= 15 is 0 Å². The molecule has 0 saturated carbocycles. The Hall–Kier alpha value is -3.13. The molecule has 1 unspecified atom stereocenters. The Balaban J connectivity index is 1.41. The summed E-state index contributed by atoms with van der Waals surface area (Å²) in [5.74, 6) is 1.93. The van der Waals surface area contributed by atoms with Crippen LogP contribution in [-0.4, -0.2) is 42.2 Å². The van der Waals surface area contributed by atoms with Gasteiger partial charge in [-0.25, -0.2) is 15.4 Å². The number of nitrogens with zero attached hydrogens (tertiary/aromatic N) is 7. The highest BCUT2D eigenvalue weighted by molar-refractivity contribution is 6.41. The summed E-state index contributed by atoms with van der Waals surface area (Å²) >= 11 is 0. The number of aryl methyl sites for hydroxylation is 2. The van der Waals surface area contributed by atoms with Crippen LogP contribution < -0.4 is 5.43 Å². The Kier molecular flexibility index (Phi) is 3.54. The number of hydrogen-bond donors (Lipinski definition) is 1. The average molecular weight is 360 g/mol. The molecule has 0 amide bonds. The molecule has 5 rings (SSSR count). The topological polar surface area (TPSA) is 83.6 Å². The molecule has 3 aromatic rings. The zero-order valence-corrected chi connectivity index (χ0v) is 15.5. The van der Waals surface area contributed by atoms with Crippen LogP contribution in [0.5, 0.6) is 0 Å². The van der Waals surface area contributed by atoms with Crippen LogP contribution in [0.25, 0.3) is 22.1 Å². The summed E-state index contributed by atoms with van der Waals surface area (Å²) < 4.78 is 2.14. The number of nitrogens with one attached hydrogen (secondary N) is 1. The van der Waals surface area contributed by atoms with Gasteiger partial charge in [-0.05, 0) is 32.4 Å². The molecule has 2 aliphatic rings. The standard InChI is InChI=1S/C19H20N8/c1-11-10-22-12(2)19-23-15(25-27(11)19)6-7-16-24-18-14(26(16)3)5-4-13-17(18)21-9-8-20-13/h4-5,8-10,15,25H,6-7H2,1-3H3. The van der Waals surface area contributed by atoms with E-state index in [0.717, 1.165) is 58.0 Å². The summed E-state index contributed by atoms with van der Waals surface area (Å²) in [6.07, 6.45) is 6.96. The second-order valence-corrected chi connectivity index (χ2v) is 6.90. The van der Waals surface area contributed by atoms with E-state index in [9.17, 15) is 0 Å². The lowest BCUT2D eigenvalue weighted by molar-refractivity contribution is 0.344. The van der Waals surface area contributed by atoms with E-state index in [1.54, 1.807) is 12.4 Å². The number of hydrazine groups is 1. The molecule has 2 aromatic heterocycles. The van der Waals surface area contributed by atoms with Crippen molar-refractivity contribution in [2.75, 3.05) is 0 Å². The zero-order valence-electron chi connectivity index (χ0n) is 15.5. The van der Waals surface area contributed by atoms with Crippen molar-refractivity contribution in [3.63, 3.8) is 0 Å². The van der Waals surface area contributed by atoms with Crippen LogP contribution in [0, 0.1) is 0 Å². The van der Waals surface area contributed by atoms with E-state index in [1.807, 2.05) is 38.2 Å². The second kappa shape index (κ2) is 5.95. The lowest BCUT2D eigenvalue weighted by Gasteiger charge is -2.24. The number of fused-ring (bicyclic) bond motifs is 4. The predicted octanol–water partition coefficient (Wildman–Crippen LogP) is 2.33. The molecule has 0 aliphatic carbocycles. The van der Waals surface area contributed by atoms with Crippen LogP contribution in [0.15, 0.2) is 46.4 Å². The number of rotatable bonds is 3. The molecule has 1 N–H and O–H groups in total. The summed E-state index contributed by atoms with van der Waals surface area (Å²) in [5.41, 5.74) is 9.13. The highest BCUT2D eigenvalue weighted by Gasteiger charge is 2.29. The van der Waals surface area contributed by atoms with Crippen molar-refractivity contribution in [3.05, 3.63) is 42.2 Å². The number of amidine groups is 1. The lowest BCUT2D eigenvalue weighted by Crippen LogP contribution is -2.42. The highest BCUT2D eigenvalue weighted by Crippen LogP contribution is 2.24. The maximum absolute atomic E-state index is 4.86. The smallest absolute Gasteiger partial charge is 0.165 e. The van der Waals surface area contributed by atoms with Crippen molar-refractivity contribution in [1.29, 1.82) is 0 Å². The summed E-state index contributed by atoms with van der Waals surface area (Å²) in [4.78, 5) is 22.9. The molecular weight excluding hydrogens is 340 g/mol. The largest absolute Gasteiger partial charge is 0.331 e. The Morgan fingerprint density at radius 3 is 2.81 bits per heavy atom. The van der Waals surface area contributed by atoms with Gasteiger partial charge in [-0.1, -0.05) is 0 Å². The van der Waals surface area contributed by atoms with Crippen LogP contribution in [0.1, 0.15) is 26.1 Å². The fourth-order valence-electron chi connectivity index (χ4n) is 3.63. The number of aliphatic imine (C=N–C) groups is 2. The lowest BCUT2D eigenvalue weighted by atomic mass is 10.2. The van der Waals surface area contributed by atoms with E-state index in [2.05, 4.69) is 31.0 Å². The molecule has 2 aliphatic heterocycles. The van der Waals surface area contributed by atoms with Crippen LogP contribution in [0.3, 0.4) is 0 Å². The molecule has 4 heterocycles. The van der Waals surface area contributed by atoms with Crippen molar-refractivity contribution in [3.8, 4) is 0 Å². The van der Waals surface area contributed by atoms with E-state index in [4.69, 9.17) is 9.98 Å². The van der Waals surface area contributed by atoms with E-state index in [1.165, 1.54) is 0 Å². The van der Waals surface area contributed by atoms with Crippen molar-refractivity contribution in [1.82, 2.24) is 30.0 Å². The number of allylic oxidation sites excluding steroid dienone is 1. The van der Waals surface area contributed by atoms with E-state index in [0.29, 0.717) is 0 Å². The van der Waals surface area contributed by atoms with Crippen LogP contribution in [0.2, 0.25) is 0 Å². The Bertz CT molecular complexity index is 1150. The SMILES string of the molecule is CC1=CN=C(C)C2=NC(CCc3nc4c5nccnc5ccc4n3C)NN12. The van der Waals surface area contributed by atoms with Crippen LogP contribution in [0.4, 0.5) is 0 Å². The van der Waals surface area contributed by atoms with Gasteiger partial charge in [-0.2, -0.15) is 0 Å². The molecule has 27 heavy (non-hydrogen) atoms. The van der Waals surface area contributed by atoms with Crippen molar-refractivity contribution >= 4 is 33.6 Å². The van der Waals surface area contributed by atoms with Gasteiger partial charge in [0.25, 0.3) is 0 Å². The minimum Gasteiger partial charge on any atom is -0.331 e. The van der Waals surface area contributed by atoms with Gasteiger partial charge >= 0.3 is 0 Å². The Morgan fingerprint density at radius 2 is 1.96 bits per heavy atom. The fourth-order valence-corrected chi connectivity index (χ4v) is 3.63. The molecule has 1 aromatic carbocycles. The summed E-state index contributed by atoms with van der Waals surface area (Å²) in [5, 5.41) is 2.02. The van der Waals surface area contributed by atoms with Gasteiger partial charge in [0.1, 0.15) is 23.0 Å². The third kappa shape index (κ3) is 2.52. The summed E-state index contributed by atoms with van der Waals surface area (Å²) in [6.45, 7) is 4.01. The van der Waals surface area contributed by atoms with Crippen molar-refractivity contribution < 1.29 is 0 Å². The fraction of sp³-hybridized carbons (Fsp3) is 0.316.